The van der Waals surface area contributed by atoms with Crippen LogP contribution in [0.1, 0.15) is 52.9 Å². The average molecular weight is 209 g/mol. The van der Waals surface area contributed by atoms with Gasteiger partial charge in [-0.15, -0.1) is 6.42 Å². The van der Waals surface area contributed by atoms with Gasteiger partial charge in [0.2, 0.25) is 0 Å². The molecule has 88 valence electrons. The molecule has 0 fully saturated rings. The van der Waals surface area contributed by atoms with Crippen molar-refractivity contribution in [2.45, 2.75) is 52.9 Å². The Labute approximate surface area is 96.2 Å². The van der Waals surface area contributed by atoms with Crippen molar-refractivity contribution in [2.75, 3.05) is 20.1 Å². The van der Waals surface area contributed by atoms with E-state index >= 15 is 0 Å². The molecule has 0 aromatic carbocycles. The van der Waals surface area contributed by atoms with Crippen LogP contribution in [0.15, 0.2) is 0 Å². The van der Waals surface area contributed by atoms with Crippen LogP contribution in [-0.2, 0) is 0 Å². The van der Waals surface area contributed by atoms with Gasteiger partial charge in [0.1, 0.15) is 0 Å². The topological polar surface area (TPSA) is 3.24 Å². The lowest BCUT2D eigenvalue weighted by Crippen LogP contribution is -2.35. The van der Waals surface area contributed by atoms with Gasteiger partial charge in [-0.05, 0) is 31.7 Å². The standard InChI is InChI=1S/C14H27N/c1-6-10-11-14(8-3,9-4)13-15(5)12-7-2/h2H,6,8-13H2,1,3-5H3. The predicted molar refractivity (Wildman–Crippen MR) is 68.9 cm³/mol. The van der Waals surface area contributed by atoms with Gasteiger partial charge < -0.3 is 0 Å². The van der Waals surface area contributed by atoms with Crippen LogP contribution >= 0.6 is 0 Å². The Balaban J connectivity index is 4.28. The van der Waals surface area contributed by atoms with Gasteiger partial charge in [0.25, 0.3) is 0 Å². The highest BCUT2D eigenvalue weighted by Crippen LogP contribution is 2.33. The molecular weight excluding hydrogens is 182 g/mol. The van der Waals surface area contributed by atoms with Gasteiger partial charge in [-0.25, -0.2) is 0 Å². The fraction of sp³-hybridized carbons (Fsp3) is 0.857. The van der Waals surface area contributed by atoms with Crippen LogP contribution in [0.25, 0.3) is 0 Å². The second kappa shape index (κ2) is 7.77. The monoisotopic (exact) mass is 209 g/mol. The average Bonchev–Trinajstić information content (AvgIpc) is 2.25. The van der Waals surface area contributed by atoms with E-state index in [4.69, 9.17) is 6.42 Å². The van der Waals surface area contributed by atoms with Crippen molar-refractivity contribution >= 4 is 0 Å². The van der Waals surface area contributed by atoms with Crippen molar-refractivity contribution in [1.29, 1.82) is 0 Å². The van der Waals surface area contributed by atoms with E-state index in [0.717, 1.165) is 13.1 Å². The Hall–Kier alpha value is -0.480. The lowest BCUT2D eigenvalue weighted by Gasteiger charge is -2.35. The molecule has 0 rings (SSSR count). The Morgan fingerprint density at radius 3 is 2.20 bits per heavy atom. The van der Waals surface area contributed by atoms with E-state index in [9.17, 15) is 0 Å². The third-order valence-electron chi connectivity index (χ3n) is 3.53. The zero-order chi connectivity index (χ0) is 11.7. The molecule has 0 aromatic rings. The van der Waals surface area contributed by atoms with Gasteiger partial charge in [-0.3, -0.25) is 4.90 Å². The van der Waals surface area contributed by atoms with Crippen molar-refractivity contribution in [3.05, 3.63) is 0 Å². The van der Waals surface area contributed by atoms with Crippen molar-refractivity contribution in [3.63, 3.8) is 0 Å². The van der Waals surface area contributed by atoms with Gasteiger partial charge in [0.15, 0.2) is 0 Å². The molecule has 1 nitrogen and oxygen atoms in total. The molecule has 0 bridgehead atoms. The molecule has 0 saturated heterocycles. The molecule has 0 spiro atoms. The number of hydrogen-bond acceptors (Lipinski definition) is 1. The fourth-order valence-corrected chi connectivity index (χ4v) is 2.24. The smallest absolute Gasteiger partial charge is 0.0596 e. The number of rotatable bonds is 8. The minimum atomic E-state index is 0.488. The predicted octanol–water partition coefficient (Wildman–Crippen LogP) is 3.55. The SMILES string of the molecule is C#CCN(C)CC(CC)(CC)CCCC. The number of terminal acetylenes is 1. The summed E-state index contributed by atoms with van der Waals surface area (Å²) in [5.74, 6) is 2.72. The summed E-state index contributed by atoms with van der Waals surface area (Å²) in [5.41, 5.74) is 0.488. The van der Waals surface area contributed by atoms with E-state index in [1.54, 1.807) is 0 Å². The third-order valence-corrected chi connectivity index (χ3v) is 3.53. The number of hydrogen-bond donors (Lipinski definition) is 0. The summed E-state index contributed by atoms with van der Waals surface area (Å²) in [4.78, 5) is 2.28. The highest BCUT2D eigenvalue weighted by atomic mass is 15.1. The summed E-state index contributed by atoms with van der Waals surface area (Å²) in [5, 5.41) is 0. The van der Waals surface area contributed by atoms with E-state index in [1.165, 1.54) is 32.1 Å². The molecule has 0 atom stereocenters. The summed E-state index contributed by atoms with van der Waals surface area (Å²) in [6.45, 7) is 8.80. The second-order valence-electron chi connectivity index (χ2n) is 4.69. The van der Waals surface area contributed by atoms with Gasteiger partial charge in [-0.2, -0.15) is 0 Å². The van der Waals surface area contributed by atoms with E-state index < -0.39 is 0 Å². The van der Waals surface area contributed by atoms with Crippen molar-refractivity contribution < 1.29 is 0 Å². The largest absolute Gasteiger partial charge is 0.295 e. The first-order chi connectivity index (χ1) is 7.14. The number of unbranched alkanes of at least 4 members (excludes halogenated alkanes) is 1. The second-order valence-corrected chi connectivity index (χ2v) is 4.69. The molecule has 0 aliphatic heterocycles. The van der Waals surface area contributed by atoms with Crippen LogP contribution in [0.4, 0.5) is 0 Å². The zero-order valence-electron chi connectivity index (χ0n) is 11.0. The summed E-state index contributed by atoms with van der Waals surface area (Å²) in [7, 11) is 2.13. The van der Waals surface area contributed by atoms with Crippen molar-refractivity contribution in [2.24, 2.45) is 5.41 Å². The van der Waals surface area contributed by atoms with Crippen molar-refractivity contribution in [1.82, 2.24) is 4.90 Å². The molecule has 0 aromatic heterocycles. The van der Waals surface area contributed by atoms with Crippen LogP contribution in [0.3, 0.4) is 0 Å². The maximum atomic E-state index is 5.34. The first kappa shape index (κ1) is 14.5. The summed E-state index contributed by atoms with van der Waals surface area (Å²) in [6, 6.07) is 0. The van der Waals surface area contributed by atoms with Crippen LogP contribution < -0.4 is 0 Å². The van der Waals surface area contributed by atoms with Gasteiger partial charge in [0.05, 0.1) is 6.54 Å². The van der Waals surface area contributed by atoms with Crippen LogP contribution in [-0.4, -0.2) is 25.0 Å². The lowest BCUT2D eigenvalue weighted by molar-refractivity contribution is 0.154. The van der Waals surface area contributed by atoms with E-state index in [1.807, 2.05) is 0 Å². The summed E-state index contributed by atoms with van der Waals surface area (Å²) in [6.07, 6.45) is 11.8. The molecule has 0 aliphatic rings. The molecular formula is C14H27N. The first-order valence-electron chi connectivity index (χ1n) is 6.26. The van der Waals surface area contributed by atoms with E-state index in [-0.39, 0.29) is 0 Å². The Bertz CT molecular complexity index is 186. The molecule has 0 aliphatic carbocycles. The lowest BCUT2D eigenvalue weighted by atomic mass is 9.77. The van der Waals surface area contributed by atoms with Crippen molar-refractivity contribution in [3.8, 4) is 12.3 Å². The minimum absolute atomic E-state index is 0.488. The Kier molecular flexibility index (Phi) is 7.52. The van der Waals surface area contributed by atoms with Crippen LogP contribution in [0.2, 0.25) is 0 Å². The molecule has 0 radical (unpaired) electrons. The van der Waals surface area contributed by atoms with E-state index in [2.05, 4.69) is 38.6 Å². The maximum absolute atomic E-state index is 5.34. The molecule has 1 heteroatoms. The van der Waals surface area contributed by atoms with Crippen LogP contribution in [0, 0.1) is 17.8 Å². The normalized spacial score (nSPS) is 11.7. The Morgan fingerprint density at radius 2 is 1.80 bits per heavy atom. The quantitative estimate of drug-likeness (QED) is 0.553. The summed E-state index contributed by atoms with van der Waals surface area (Å²) < 4.78 is 0. The minimum Gasteiger partial charge on any atom is -0.295 e. The molecule has 0 amide bonds. The number of nitrogens with zero attached hydrogens (tertiary/aromatic N) is 1. The van der Waals surface area contributed by atoms with Crippen LogP contribution in [0.5, 0.6) is 0 Å². The zero-order valence-corrected chi connectivity index (χ0v) is 11.0. The summed E-state index contributed by atoms with van der Waals surface area (Å²) >= 11 is 0. The third kappa shape index (κ3) is 5.23. The molecule has 0 unspecified atom stereocenters. The molecule has 0 saturated carbocycles. The molecule has 0 heterocycles. The van der Waals surface area contributed by atoms with Gasteiger partial charge in [-0.1, -0.05) is 39.5 Å². The molecule has 0 N–H and O–H groups in total. The van der Waals surface area contributed by atoms with E-state index in [0.29, 0.717) is 5.41 Å². The fourth-order valence-electron chi connectivity index (χ4n) is 2.24. The Morgan fingerprint density at radius 1 is 1.20 bits per heavy atom. The maximum Gasteiger partial charge on any atom is 0.0596 e. The highest BCUT2D eigenvalue weighted by Gasteiger charge is 2.26. The van der Waals surface area contributed by atoms with Gasteiger partial charge in [0, 0.05) is 6.54 Å². The first-order valence-corrected chi connectivity index (χ1v) is 6.26. The van der Waals surface area contributed by atoms with Gasteiger partial charge >= 0.3 is 0 Å². The highest BCUT2D eigenvalue weighted by molar-refractivity contribution is 4.89. The molecule has 15 heavy (non-hydrogen) atoms.